The quantitative estimate of drug-likeness (QED) is 0.787. The lowest BCUT2D eigenvalue weighted by Crippen LogP contribution is -2.50. The number of nitrogen functional groups attached to an aromatic ring is 1. The summed E-state index contributed by atoms with van der Waals surface area (Å²) in [5, 5.41) is 0. The van der Waals surface area contributed by atoms with Gasteiger partial charge in [0.25, 0.3) is 0 Å². The molecule has 4 heteroatoms. The van der Waals surface area contributed by atoms with Crippen molar-refractivity contribution in [2.75, 3.05) is 44.4 Å². The molecule has 1 saturated heterocycles. The molecule has 94 valence electrons. The van der Waals surface area contributed by atoms with Crippen molar-refractivity contribution in [2.24, 2.45) is 0 Å². The molecule has 2 N–H and O–H groups in total. The Kier molecular flexibility index (Phi) is 3.43. The van der Waals surface area contributed by atoms with Crippen LogP contribution in [0.3, 0.4) is 0 Å². The van der Waals surface area contributed by atoms with E-state index in [1.54, 1.807) is 7.11 Å². The monoisotopic (exact) mass is 235 g/mol. The number of hydrogen-bond donors (Lipinski definition) is 1. The molecule has 0 aromatic heterocycles. The third kappa shape index (κ3) is 2.47. The zero-order valence-electron chi connectivity index (χ0n) is 10.8. The van der Waals surface area contributed by atoms with Crippen LogP contribution in [0.15, 0.2) is 18.2 Å². The fourth-order valence-electron chi connectivity index (χ4n) is 2.19. The highest BCUT2D eigenvalue weighted by Gasteiger charge is 2.22. The summed E-state index contributed by atoms with van der Waals surface area (Å²) >= 11 is 0. The Bertz CT molecular complexity index is 394. The van der Waals surface area contributed by atoms with Gasteiger partial charge < -0.3 is 20.3 Å². The number of anilines is 2. The zero-order valence-corrected chi connectivity index (χ0v) is 10.8. The Balaban J connectivity index is 2.21. The Morgan fingerprint density at radius 1 is 1.35 bits per heavy atom. The molecule has 17 heavy (non-hydrogen) atoms. The van der Waals surface area contributed by atoms with Crippen molar-refractivity contribution in [1.82, 2.24) is 4.90 Å². The molecule has 1 fully saturated rings. The maximum Gasteiger partial charge on any atom is 0.121 e. The molecular formula is C13H21N3O. The fraction of sp³-hybridized carbons (Fsp3) is 0.538. The number of ether oxygens (including phenoxy) is 1. The highest BCUT2D eigenvalue weighted by molar-refractivity contribution is 5.70. The fourth-order valence-corrected chi connectivity index (χ4v) is 2.19. The average molecular weight is 235 g/mol. The Morgan fingerprint density at radius 2 is 2.12 bits per heavy atom. The largest absolute Gasteiger partial charge is 0.497 e. The van der Waals surface area contributed by atoms with Crippen LogP contribution < -0.4 is 15.4 Å². The second-order valence-electron chi connectivity index (χ2n) is 4.70. The van der Waals surface area contributed by atoms with Crippen LogP contribution in [0.1, 0.15) is 6.92 Å². The summed E-state index contributed by atoms with van der Waals surface area (Å²) in [6.07, 6.45) is 0. The lowest BCUT2D eigenvalue weighted by Gasteiger charge is -2.39. The number of piperazine rings is 1. The topological polar surface area (TPSA) is 41.7 Å². The van der Waals surface area contributed by atoms with E-state index < -0.39 is 0 Å². The van der Waals surface area contributed by atoms with Gasteiger partial charge >= 0.3 is 0 Å². The molecule has 1 aromatic rings. The second kappa shape index (κ2) is 4.84. The van der Waals surface area contributed by atoms with Gasteiger partial charge in [-0.05, 0) is 26.1 Å². The Labute approximate surface area is 103 Å². The van der Waals surface area contributed by atoms with Crippen molar-refractivity contribution in [3.63, 3.8) is 0 Å². The average Bonchev–Trinajstić information content (AvgIpc) is 2.33. The number of hydrogen-bond acceptors (Lipinski definition) is 4. The van der Waals surface area contributed by atoms with Gasteiger partial charge in [0, 0.05) is 31.7 Å². The van der Waals surface area contributed by atoms with Crippen molar-refractivity contribution >= 4 is 11.4 Å². The predicted octanol–water partition coefficient (Wildman–Crippen LogP) is 1.42. The maximum absolute atomic E-state index is 6.04. The van der Waals surface area contributed by atoms with Crippen molar-refractivity contribution in [3.05, 3.63) is 18.2 Å². The van der Waals surface area contributed by atoms with Crippen LogP contribution in [-0.4, -0.2) is 44.7 Å². The van der Waals surface area contributed by atoms with Crippen LogP contribution in [0.5, 0.6) is 5.75 Å². The number of nitrogens with zero attached hydrogens (tertiary/aromatic N) is 2. The van der Waals surface area contributed by atoms with Gasteiger partial charge in [-0.1, -0.05) is 0 Å². The van der Waals surface area contributed by atoms with Gasteiger partial charge in [0.1, 0.15) is 5.75 Å². The molecule has 4 nitrogen and oxygen atoms in total. The minimum absolute atomic E-state index is 0.550. The lowest BCUT2D eigenvalue weighted by molar-refractivity contribution is 0.234. The molecule has 1 aliphatic heterocycles. The SMILES string of the molecule is COc1ccc(N)c(N2CCN(C)C(C)C2)c1. The van der Waals surface area contributed by atoms with E-state index in [0.29, 0.717) is 6.04 Å². The van der Waals surface area contributed by atoms with E-state index in [9.17, 15) is 0 Å². The van der Waals surface area contributed by atoms with Crippen LogP contribution >= 0.6 is 0 Å². The molecule has 0 bridgehead atoms. The maximum atomic E-state index is 6.04. The molecule has 0 saturated carbocycles. The highest BCUT2D eigenvalue weighted by Crippen LogP contribution is 2.29. The summed E-state index contributed by atoms with van der Waals surface area (Å²) < 4.78 is 5.26. The first kappa shape index (κ1) is 12.0. The molecule has 1 aromatic carbocycles. The minimum Gasteiger partial charge on any atom is -0.497 e. The van der Waals surface area contributed by atoms with E-state index >= 15 is 0 Å². The highest BCUT2D eigenvalue weighted by atomic mass is 16.5. The van der Waals surface area contributed by atoms with Gasteiger partial charge in [0.15, 0.2) is 0 Å². The van der Waals surface area contributed by atoms with E-state index in [-0.39, 0.29) is 0 Å². The number of likely N-dealkylation sites (N-methyl/N-ethyl adjacent to an activating group) is 1. The van der Waals surface area contributed by atoms with E-state index in [0.717, 1.165) is 36.8 Å². The molecule has 0 aliphatic carbocycles. The third-order valence-corrected chi connectivity index (χ3v) is 3.54. The van der Waals surface area contributed by atoms with Crippen molar-refractivity contribution in [2.45, 2.75) is 13.0 Å². The van der Waals surface area contributed by atoms with Gasteiger partial charge in [-0.3, -0.25) is 0 Å². The molecule has 1 aliphatic rings. The van der Waals surface area contributed by atoms with E-state index in [1.165, 1.54) is 0 Å². The number of methoxy groups -OCH3 is 1. The number of benzene rings is 1. The molecule has 0 spiro atoms. The molecule has 1 heterocycles. The molecule has 1 atom stereocenters. The molecule has 2 rings (SSSR count). The van der Waals surface area contributed by atoms with Gasteiger partial charge in [-0.2, -0.15) is 0 Å². The smallest absolute Gasteiger partial charge is 0.121 e. The Hall–Kier alpha value is -1.42. The Morgan fingerprint density at radius 3 is 2.76 bits per heavy atom. The summed E-state index contributed by atoms with van der Waals surface area (Å²) in [6.45, 7) is 5.33. The number of rotatable bonds is 2. The standard InChI is InChI=1S/C13H21N3O/c1-10-9-16(7-6-15(10)2)13-8-11(17-3)4-5-12(13)14/h4-5,8,10H,6-7,9,14H2,1-3H3. The summed E-state index contributed by atoms with van der Waals surface area (Å²) in [5.74, 6) is 0.862. The normalized spacial score (nSPS) is 21.6. The van der Waals surface area contributed by atoms with Crippen molar-refractivity contribution in [1.29, 1.82) is 0 Å². The first-order valence-corrected chi connectivity index (χ1v) is 6.00. The summed E-state index contributed by atoms with van der Waals surface area (Å²) in [6, 6.07) is 6.39. The van der Waals surface area contributed by atoms with Crippen LogP contribution in [-0.2, 0) is 0 Å². The van der Waals surface area contributed by atoms with Crippen LogP contribution in [0.2, 0.25) is 0 Å². The summed E-state index contributed by atoms with van der Waals surface area (Å²) in [7, 11) is 3.85. The van der Waals surface area contributed by atoms with Crippen molar-refractivity contribution in [3.8, 4) is 5.75 Å². The summed E-state index contributed by atoms with van der Waals surface area (Å²) in [5.41, 5.74) is 7.95. The van der Waals surface area contributed by atoms with Crippen LogP contribution in [0, 0.1) is 0 Å². The third-order valence-electron chi connectivity index (χ3n) is 3.54. The zero-order chi connectivity index (χ0) is 12.4. The molecule has 0 amide bonds. The van der Waals surface area contributed by atoms with Gasteiger partial charge in [0.2, 0.25) is 0 Å². The first-order chi connectivity index (χ1) is 8.11. The summed E-state index contributed by atoms with van der Waals surface area (Å²) in [4.78, 5) is 4.70. The first-order valence-electron chi connectivity index (χ1n) is 6.00. The number of nitrogens with two attached hydrogens (primary N) is 1. The van der Waals surface area contributed by atoms with Crippen LogP contribution in [0.4, 0.5) is 11.4 Å². The van der Waals surface area contributed by atoms with Gasteiger partial charge in [-0.25, -0.2) is 0 Å². The molecular weight excluding hydrogens is 214 g/mol. The van der Waals surface area contributed by atoms with Crippen molar-refractivity contribution < 1.29 is 4.74 Å². The van der Waals surface area contributed by atoms with E-state index in [2.05, 4.69) is 23.8 Å². The molecule has 0 radical (unpaired) electrons. The lowest BCUT2D eigenvalue weighted by atomic mass is 10.1. The van der Waals surface area contributed by atoms with Gasteiger partial charge in [0.05, 0.1) is 18.5 Å². The van der Waals surface area contributed by atoms with E-state index in [1.807, 2.05) is 18.2 Å². The van der Waals surface area contributed by atoms with E-state index in [4.69, 9.17) is 10.5 Å². The molecule has 1 unspecified atom stereocenters. The second-order valence-corrected chi connectivity index (χ2v) is 4.70. The minimum atomic E-state index is 0.550. The van der Waals surface area contributed by atoms with Crippen LogP contribution in [0.25, 0.3) is 0 Å². The van der Waals surface area contributed by atoms with Gasteiger partial charge in [-0.15, -0.1) is 0 Å². The predicted molar refractivity (Wildman–Crippen MR) is 71.7 cm³/mol.